The summed E-state index contributed by atoms with van der Waals surface area (Å²) in [5.41, 5.74) is 37.8. The van der Waals surface area contributed by atoms with Crippen LogP contribution in [-0.2, 0) is 4.74 Å². The number of esters is 1. The van der Waals surface area contributed by atoms with Crippen molar-refractivity contribution in [1.82, 2.24) is 80.4 Å². The first-order chi connectivity index (χ1) is 45.9. The number of nitro groups is 1. The number of benzene rings is 5. The summed E-state index contributed by atoms with van der Waals surface area (Å²) in [7, 11) is 11.4. The van der Waals surface area contributed by atoms with Gasteiger partial charge in [-0.15, -0.1) is 20.4 Å². The number of nitrogens with zero attached hydrogens (tertiary/aromatic N) is 16. The van der Waals surface area contributed by atoms with Crippen molar-refractivity contribution in [2.75, 3.05) is 78.1 Å². The van der Waals surface area contributed by atoms with Crippen molar-refractivity contribution >= 4 is 80.2 Å². The Morgan fingerprint density at radius 3 is 1.28 bits per heavy atom. The molecule has 33 nitrogen and oxygen atoms in total. The van der Waals surface area contributed by atoms with E-state index >= 15 is 0 Å². The minimum atomic E-state index is -0.619. The lowest BCUT2D eigenvalue weighted by molar-refractivity contribution is -0.384. The van der Waals surface area contributed by atoms with Crippen molar-refractivity contribution in [3.05, 3.63) is 189 Å². The summed E-state index contributed by atoms with van der Waals surface area (Å²) in [6.07, 6.45) is 5.89. The van der Waals surface area contributed by atoms with E-state index in [1.54, 1.807) is 146 Å². The van der Waals surface area contributed by atoms with Crippen molar-refractivity contribution < 1.29 is 42.5 Å². The van der Waals surface area contributed by atoms with Crippen LogP contribution in [-0.4, -0.2) is 159 Å². The van der Waals surface area contributed by atoms with E-state index in [2.05, 4.69) is 80.9 Å². The Hall–Kier alpha value is -13.1. The number of para-hydroxylation sites is 2. The van der Waals surface area contributed by atoms with Gasteiger partial charge in [-0.05, 0) is 70.5 Å². The van der Waals surface area contributed by atoms with E-state index in [1.165, 1.54) is 52.5 Å². The zero-order chi connectivity index (χ0) is 69.5. The lowest BCUT2D eigenvalue weighted by Gasteiger charge is -2.10. The molecule has 5 aromatic carbocycles. The van der Waals surface area contributed by atoms with Gasteiger partial charge in [0.15, 0.2) is 46.0 Å². The average Bonchev–Trinajstić information content (AvgIpc) is 1.81. The number of hydrogen-bond acceptors (Lipinski definition) is 28. The van der Waals surface area contributed by atoms with Gasteiger partial charge in [-0.2, -0.15) is 0 Å². The summed E-state index contributed by atoms with van der Waals surface area (Å²) in [5.74, 6) is 4.19. The van der Waals surface area contributed by atoms with E-state index in [0.29, 0.717) is 60.8 Å². The van der Waals surface area contributed by atoms with Gasteiger partial charge in [0.1, 0.15) is 10.2 Å². The number of carbonyl (C=O) groups is 5. The Kier molecular flexibility index (Phi) is 23.5. The predicted molar refractivity (Wildman–Crippen MR) is 362 cm³/mol. The molecule has 0 aliphatic carbocycles. The molecular weight excluding hydrogens is 1320 g/mol. The number of amides is 4. The third kappa shape index (κ3) is 17.3. The quantitative estimate of drug-likeness (QED) is 0.0152. The lowest BCUT2D eigenvalue weighted by Crippen LogP contribution is -2.31. The second-order valence-electron chi connectivity index (χ2n) is 20.4. The third-order valence-corrected chi connectivity index (χ3v) is 13.6. The Labute approximate surface area is 560 Å². The van der Waals surface area contributed by atoms with Gasteiger partial charge in [0.05, 0.1) is 59.5 Å². The molecule has 6 heterocycles. The number of rotatable bonds is 13. The van der Waals surface area contributed by atoms with E-state index in [-0.39, 0.29) is 106 Å². The fourth-order valence-corrected chi connectivity index (χ4v) is 8.55. The number of methoxy groups -OCH3 is 1. The molecule has 0 saturated heterocycles. The first kappa shape index (κ1) is 71.3. The molecule has 6 aromatic heterocycles. The van der Waals surface area contributed by atoms with Crippen LogP contribution in [0.4, 0.5) is 34.6 Å². The molecule has 0 unspecified atom stereocenters. The molecule has 4 amide bonds. The number of aromatic nitrogens is 12. The minimum absolute atomic E-state index is 0. The van der Waals surface area contributed by atoms with Gasteiger partial charge in [-0.1, -0.05) is 68.1 Å². The fraction of sp³-hybridized carbons (Fsp3) is 0.127. The van der Waals surface area contributed by atoms with Crippen LogP contribution >= 0.6 is 15.9 Å². The molecule has 0 spiro atoms. The van der Waals surface area contributed by atoms with Gasteiger partial charge in [0.2, 0.25) is 5.89 Å². The molecular formula is C63H62BrN23O10. The minimum Gasteiger partial charge on any atom is -0.464 e. The number of anilines is 5. The highest BCUT2D eigenvalue weighted by molar-refractivity contribution is 9.10. The lowest BCUT2D eigenvalue weighted by atomic mass is 10.1. The molecule has 496 valence electrons. The summed E-state index contributed by atoms with van der Waals surface area (Å²) in [4.78, 5) is 107. The van der Waals surface area contributed by atoms with E-state index in [0.717, 1.165) is 5.56 Å². The van der Waals surface area contributed by atoms with Gasteiger partial charge in [0.25, 0.3) is 47.0 Å². The standard InChI is InChI=1S/C21H17N7O4.C21H19N7O2.C14H16N6O2.C6H6BrN3O2.CH4/c1-27(2)21(29)13-9-7-12(8-10-13)15-11-23-18(22)17(24-15)20-26-25-19(32-20)14-5-3-4-6-16(14)28(30)31;1-28(2)21(29)13-9-7-12(8-10-13)16-11-24-18(23)17(25-16)20-27-26-19(30-20)14-5-3-4-6-15(14)22;1-20(2)14(22)9-5-3-8(4-6-9)10-7-17-12(15)11(18-10)13(21)19-16;1-12-6(11)4-5(8)9-2-3(7)10-4;/h3-11H,1-2H3,(H2,22,23);3-11H,22H2,1-2H3,(H2,23,24);3-7H,16H2,1-2H3,(H2,15,17)(H,19,21);2H,1H3,(H2,8,9);1H4. The molecule has 97 heavy (non-hydrogen) atoms. The molecule has 11 aromatic rings. The van der Waals surface area contributed by atoms with Crippen LogP contribution in [0.25, 0.3) is 79.8 Å². The Morgan fingerprint density at radius 2 is 0.866 bits per heavy atom. The number of nitrogens with two attached hydrogens (primary N) is 6. The number of nitro benzene ring substituents is 1. The number of hydrazine groups is 1. The van der Waals surface area contributed by atoms with Crippen molar-refractivity contribution in [2.45, 2.75) is 7.43 Å². The van der Waals surface area contributed by atoms with E-state index < -0.39 is 16.8 Å². The second kappa shape index (κ2) is 32.0. The van der Waals surface area contributed by atoms with Gasteiger partial charge in [-0.3, -0.25) is 34.7 Å². The zero-order valence-electron chi connectivity index (χ0n) is 51.9. The summed E-state index contributed by atoms with van der Waals surface area (Å²) in [5, 5.41) is 27.2. The molecule has 0 aliphatic heterocycles. The third-order valence-electron chi connectivity index (χ3n) is 13.2. The van der Waals surface area contributed by atoms with Crippen LogP contribution in [0, 0.1) is 10.1 Å². The van der Waals surface area contributed by atoms with E-state index in [1.807, 2.05) is 17.6 Å². The summed E-state index contributed by atoms with van der Waals surface area (Å²) in [6.45, 7) is 0. The molecule has 0 bridgehead atoms. The van der Waals surface area contributed by atoms with Gasteiger partial charge in [0, 0.05) is 87.4 Å². The average molecular weight is 1380 g/mol. The molecule has 11 rings (SSSR count). The maximum Gasteiger partial charge on any atom is 0.360 e. The van der Waals surface area contributed by atoms with Crippen LogP contribution in [0.3, 0.4) is 0 Å². The number of halogens is 1. The van der Waals surface area contributed by atoms with Gasteiger partial charge >= 0.3 is 5.97 Å². The number of nitrogens with one attached hydrogen (secondary N) is 1. The molecule has 0 radical (unpaired) electrons. The van der Waals surface area contributed by atoms with E-state index in [4.69, 9.17) is 43.3 Å². The fourth-order valence-electron chi connectivity index (χ4n) is 8.27. The number of ether oxygens (including phenoxy) is 1. The smallest absolute Gasteiger partial charge is 0.360 e. The van der Waals surface area contributed by atoms with Gasteiger partial charge < -0.3 is 56.9 Å². The van der Waals surface area contributed by atoms with Crippen LogP contribution in [0.15, 0.2) is 160 Å². The highest BCUT2D eigenvalue weighted by Gasteiger charge is 2.24. The van der Waals surface area contributed by atoms with Crippen LogP contribution < -0.4 is 39.9 Å². The molecule has 0 saturated carbocycles. The number of carbonyl (C=O) groups excluding carboxylic acids is 5. The molecule has 0 atom stereocenters. The predicted octanol–water partition coefficient (Wildman–Crippen LogP) is 7.05. The van der Waals surface area contributed by atoms with Crippen LogP contribution in [0.1, 0.15) is 59.5 Å². The molecule has 0 fully saturated rings. The summed E-state index contributed by atoms with van der Waals surface area (Å²) in [6, 6.07) is 33.9. The monoisotopic (exact) mass is 1380 g/mol. The summed E-state index contributed by atoms with van der Waals surface area (Å²) >= 11 is 3.06. The Morgan fingerprint density at radius 1 is 0.495 bits per heavy atom. The Balaban J connectivity index is 0.000000190. The van der Waals surface area contributed by atoms with Gasteiger partial charge in [-0.25, -0.2) is 50.5 Å². The second-order valence-corrected chi connectivity index (χ2v) is 21.2. The maximum atomic E-state index is 12.1. The zero-order valence-corrected chi connectivity index (χ0v) is 53.5. The maximum absolute atomic E-state index is 12.1. The normalized spacial score (nSPS) is 10.3. The highest BCUT2D eigenvalue weighted by Crippen LogP contribution is 2.34. The highest BCUT2D eigenvalue weighted by atomic mass is 79.9. The summed E-state index contributed by atoms with van der Waals surface area (Å²) < 4.78 is 16.3. The van der Waals surface area contributed by atoms with Crippen LogP contribution in [0.5, 0.6) is 0 Å². The van der Waals surface area contributed by atoms with Crippen LogP contribution in [0.2, 0.25) is 0 Å². The SMILES string of the molecule is C.CN(C)C(=O)c1ccc(-c2cnc(N)c(-c3nnc(-c4ccccc4N)o3)n2)cc1.CN(C)C(=O)c1ccc(-c2cnc(N)c(-c3nnc(-c4ccccc4[N+](=O)[O-])o3)n2)cc1.CN(C)C(=O)c1ccc(-c2cnc(N)c(C(=O)NN)n2)cc1.COC(=O)c1nc(Br)cnc1N. The van der Waals surface area contributed by atoms with Crippen molar-refractivity contribution in [3.8, 4) is 79.8 Å². The first-order valence-electron chi connectivity index (χ1n) is 27.8. The number of nitrogen functional groups attached to an aromatic ring is 6. The van der Waals surface area contributed by atoms with Crippen molar-refractivity contribution in [1.29, 1.82) is 0 Å². The van der Waals surface area contributed by atoms with Crippen molar-refractivity contribution in [2.24, 2.45) is 5.84 Å². The topological polar surface area (TPSA) is 497 Å². The van der Waals surface area contributed by atoms with E-state index in [9.17, 15) is 34.1 Å². The molecule has 0 aliphatic rings. The number of hydrogen-bond donors (Lipinski definition) is 7. The largest absolute Gasteiger partial charge is 0.464 e. The molecule has 13 N–H and O–H groups in total. The first-order valence-corrected chi connectivity index (χ1v) is 28.6. The molecule has 34 heteroatoms. The Bertz CT molecular complexity index is 4670. The van der Waals surface area contributed by atoms with Crippen molar-refractivity contribution in [3.63, 3.8) is 0 Å².